The Kier molecular flexibility index (Phi) is 7.39. The van der Waals surface area contributed by atoms with Gasteiger partial charge in [0.15, 0.2) is 6.04 Å². The molecule has 1 aliphatic heterocycles. The third-order valence-electron chi connectivity index (χ3n) is 4.67. The molecule has 1 aliphatic rings. The summed E-state index contributed by atoms with van der Waals surface area (Å²) >= 11 is 0. The highest BCUT2D eigenvalue weighted by Crippen LogP contribution is 2.19. The molecule has 2 rings (SSSR count). The summed E-state index contributed by atoms with van der Waals surface area (Å²) in [7, 11) is -0.400. The average molecular weight is 386 g/mol. The molecule has 146 valence electrons. The van der Waals surface area contributed by atoms with Gasteiger partial charge in [-0.1, -0.05) is 0 Å². The van der Waals surface area contributed by atoms with Gasteiger partial charge in [-0.2, -0.15) is 4.31 Å². The first-order chi connectivity index (χ1) is 12.4. The van der Waals surface area contributed by atoms with Crippen molar-refractivity contribution in [1.29, 1.82) is 0 Å². The lowest BCUT2D eigenvalue weighted by Gasteiger charge is -2.34. The minimum atomic E-state index is -3.53. The van der Waals surface area contributed by atoms with Gasteiger partial charge in [0, 0.05) is 13.7 Å². The smallest absolute Gasteiger partial charge is 0.278 e. The number of piperazine rings is 1. The van der Waals surface area contributed by atoms with Crippen LogP contribution in [-0.4, -0.2) is 78.2 Å². The van der Waals surface area contributed by atoms with Crippen molar-refractivity contribution in [2.24, 2.45) is 0 Å². The number of rotatable bonds is 8. The zero-order valence-electron chi connectivity index (χ0n) is 15.5. The van der Waals surface area contributed by atoms with Gasteiger partial charge in [0.05, 0.1) is 44.8 Å². The molecular weight excluding hydrogens is 358 g/mol. The predicted octanol–water partition coefficient (Wildman–Crippen LogP) is -1.26. The molecule has 1 atom stereocenters. The quantitative estimate of drug-likeness (QED) is 0.544. The Labute approximate surface area is 155 Å². The molecule has 8 nitrogen and oxygen atoms in total. The fraction of sp³-hybridized carbons (Fsp3) is 0.588. The van der Waals surface area contributed by atoms with Crippen LogP contribution in [0.15, 0.2) is 29.2 Å². The number of nitrogens with zero attached hydrogens (tertiary/aromatic N) is 1. The van der Waals surface area contributed by atoms with Crippen molar-refractivity contribution in [2.75, 3.05) is 53.6 Å². The van der Waals surface area contributed by atoms with E-state index in [-0.39, 0.29) is 16.8 Å². The number of amides is 1. The van der Waals surface area contributed by atoms with E-state index in [1.165, 1.54) is 11.4 Å². The number of carbonyl (C=O) groups is 1. The van der Waals surface area contributed by atoms with Gasteiger partial charge in [0.25, 0.3) is 5.91 Å². The number of benzene rings is 1. The van der Waals surface area contributed by atoms with E-state index < -0.39 is 10.0 Å². The number of carbonyl (C=O) groups excluding carboxylic acids is 1. The van der Waals surface area contributed by atoms with Crippen LogP contribution in [-0.2, 0) is 19.6 Å². The Morgan fingerprint density at radius 2 is 1.85 bits per heavy atom. The molecule has 9 heteroatoms. The summed E-state index contributed by atoms with van der Waals surface area (Å²) < 4.78 is 37.0. The molecule has 1 heterocycles. The van der Waals surface area contributed by atoms with E-state index in [1.54, 1.807) is 31.4 Å². The van der Waals surface area contributed by atoms with Crippen LogP contribution in [0.4, 0.5) is 0 Å². The largest absolute Gasteiger partial charge is 0.497 e. The summed E-state index contributed by atoms with van der Waals surface area (Å²) in [6.07, 6.45) is 0. The van der Waals surface area contributed by atoms with Crippen molar-refractivity contribution in [3.8, 4) is 5.75 Å². The zero-order valence-corrected chi connectivity index (χ0v) is 16.3. The molecule has 26 heavy (non-hydrogen) atoms. The van der Waals surface area contributed by atoms with Crippen LogP contribution in [0.5, 0.6) is 5.75 Å². The predicted molar refractivity (Wildman–Crippen MR) is 96.8 cm³/mol. The van der Waals surface area contributed by atoms with E-state index >= 15 is 0 Å². The SMILES string of the molecule is COCCNC(=O)[C@@H](C)[NH+]1CCN(S(=O)(=O)c2ccc(OC)cc2)CC1. The van der Waals surface area contributed by atoms with Gasteiger partial charge in [0.2, 0.25) is 10.0 Å². The molecule has 1 aromatic carbocycles. The molecule has 0 aliphatic carbocycles. The fourth-order valence-corrected chi connectivity index (χ4v) is 4.40. The Morgan fingerprint density at radius 3 is 2.38 bits per heavy atom. The summed E-state index contributed by atoms with van der Waals surface area (Å²) in [5, 5.41) is 2.83. The number of quaternary nitrogens is 1. The highest BCUT2D eigenvalue weighted by atomic mass is 32.2. The van der Waals surface area contributed by atoms with E-state index in [0.29, 0.717) is 45.1 Å². The lowest BCUT2D eigenvalue weighted by Crippen LogP contribution is -3.19. The highest BCUT2D eigenvalue weighted by molar-refractivity contribution is 7.89. The maximum Gasteiger partial charge on any atom is 0.278 e. The standard InChI is InChI=1S/C17H27N3O5S/c1-14(17(21)18-8-13-24-2)19-9-11-20(12-10-19)26(22,23)16-6-4-15(25-3)5-7-16/h4-7,14H,8-13H2,1-3H3,(H,18,21)/p+1/t14-/m1/s1. The minimum Gasteiger partial charge on any atom is -0.497 e. The number of hydrogen-bond acceptors (Lipinski definition) is 5. The van der Waals surface area contributed by atoms with Gasteiger partial charge in [-0.05, 0) is 31.2 Å². The third kappa shape index (κ3) is 4.94. The molecule has 0 unspecified atom stereocenters. The third-order valence-corrected chi connectivity index (χ3v) is 6.59. The number of methoxy groups -OCH3 is 2. The molecule has 1 fully saturated rings. The second-order valence-electron chi connectivity index (χ2n) is 6.24. The summed E-state index contributed by atoms with van der Waals surface area (Å²) in [5.74, 6) is 0.579. The number of sulfonamides is 1. The molecule has 1 amide bonds. The second-order valence-corrected chi connectivity index (χ2v) is 8.18. The van der Waals surface area contributed by atoms with E-state index in [4.69, 9.17) is 9.47 Å². The van der Waals surface area contributed by atoms with Crippen LogP contribution >= 0.6 is 0 Å². The van der Waals surface area contributed by atoms with Crippen molar-refractivity contribution >= 4 is 15.9 Å². The molecule has 0 radical (unpaired) electrons. The summed E-state index contributed by atoms with van der Waals surface area (Å²) in [6, 6.07) is 6.16. The van der Waals surface area contributed by atoms with Gasteiger partial charge in [0.1, 0.15) is 5.75 Å². The minimum absolute atomic E-state index is 0.0384. The monoisotopic (exact) mass is 386 g/mol. The van der Waals surface area contributed by atoms with Crippen molar-refractivity contribution in [3.63, 3.8) is 0 Å². The van der Waals surface area contributed by atoms with Crippen LogP contribution in [0.25, 0.3) is 0 Å². The molecule has 1 aromatic rings. The van der Waals surface area contributed by atoms with Crippen LogP contribution in [0.3, 0.4) is 0 Å². The van der Waals surface area contributed by atoms with E-state index in [1.807, 2.05) is 6.92 Å². The molecular formula is C17H28N3O5S+. The van der Waals surface area contributed by atoms with E-state index in [2.05, 4.69) is 5.32 Å². The van der Waals surface area contributed by atoms with Gasteiger partial charge in [-0.3, -0.25) is 4.79 Å². The Bertz CT molecular complexity index is 685. The van der Waals surface area contributed by atoms with Crippen molar-refractivity contribution < 1.29 is 27.6 Å². The zero-order chi connectivity index (χ0) is 19.2. The van der Waals surface area contributed by atoms with Crippen LogP contribution < -0.4 is 15.0 Å². The maximum atomic E-state index is 12.8. The summed E-state index contributed by atoms with van der Waals surface area (Å²) in [4.78, 5) is 13.5. The van der Waals surface area contributed by atoms with Crippen molar-refractivity contribution in [2.45, 2.75) is 17.9 Å². The molecule has 1 saturated heterocycles. The fourth-order valence-electron chi connectivity index (χ4n) is 2.96. The first-order valence-electron chi connectivity index (χ1n) is 8.65. The number of ether oxygens (including phenoxy) is 2. The molecule has 0 saturated carbocycles. The molecule has 2 N–H and O–H groups in total. The van der Waals surface area contributed by atoms with Crippen LogP contribution in [0.1, 0.15) is 6.92 Å². The van der Waals surface area contributed by atoms with Gasteiger partial charge >= 0.3 is 0 Å². The van der Waals surface area contributed by atoms with E-state index in [0.717, 1.165) is 4.90 Å². The maximum absolute atomic E-state index is 12.8. The molecule has 0 spiro atoms. The molecule has 0 bridgehead atoms. The first-order valence-corrected chi connectivity index (χ1v) is 10.1. The summed E-state index contributed by atoms with van der Waals surface area (Å²) in [5.41, 5.74) is 0. The Morgan fingerprint density at radius 1 is 1.23 bits per heavy atom. The van der Waals surface area contributed by atoms with E-state index in [9.17, 15) is 13.2 Å². The lowest BCUT2D eigenvalue weighted by molar-refractivity contribution is -0.917. The van der Waals surface area contributed by atoms with Crippen molar-refractivity contribution in [3.05, 3.63) is 24.3 Å². The average Bonchev–Trinajstić information content (AvgIpc) is 2.67. The summed E-state index contributed by atoms with van der Waals surface area (Å²) in [6.45, 7) is 4.78. The first kappa shape index (κ1) is 20.6. The second kappa shape index (κ2) is 9.31. The number of hydrogen-bond donors (Lipinski definition) is 2. The topological polar surface area (TPSA) is 89.4 Å². The van der Waals surface area contributed by atoms with Crippen LogP contribution in [0, 0.1) is 0 Å². The van der Waals surface area contributed by atoms with Gasteiger partial charge in [-0.15, -0.1) is 0 Å². The van der Waals surface area contributed by atoms with Crippen molar-refractivity contribution in [1.82, 2.24) is 9.62 Å². The van der Waals surface area contributed by atoms with Crippen LogP contribution in [0.2, 0.25) is 0 Å². The molecule has 0 aromatic heterocycles. The number of nitrogens with one attached hydrogen (secondary N) is 2. The normalized spacial score (nSPS) is 17.7. The van der Waals surface area contributed by atoms with Gasteiger partial charge in [-0.25, -0.2) is 8.42 Å². The highest BCUT2D eigenvalue weighted by Gasteiger charge is 2.34. The lowest BCUT2D eigenvalue weighted by atomic mass is 10.2. The Balaban J connectivity index is 1.93. The Hall–Kier alpha value is -1.68. The van der Waals surface area contributed by atoms with Gasteiger partial charge < -0.3 is 19.7 Å².